The molecule has 0 radical (unpaired) electrons. The molecule has 82 valence electrons. The summed E-state index contributed by atoms with van der Waals surface area (Å²) in [5.41, 5.74) is 6.58. The molecule has 0 aromatic heterocycles. The molecule has 1 aliphatic heterocycles. The van der Waals surface area contributed by atoms with Crippen molar-refractivity contribution >= 4 is 0 Å². The molecule has 1 saturated carbocycles. The van der Waals surface area contributed by atoms with E-state index in [2.05, 4.69) is 18.7 Å². The van der Waals surface area contributed by atoms with Crippen LogP contribution in [0.5, 0.6) is 0 Å². The molecule has 1 heterocycles. The van der Waals surface area contributed by atoms with Gasteiger partial charge in [-0.15, -0.1) is 0 Å². The Bertz CT molecular complexity index is 192. The van der Waals surface area contributed by atoms with Crippen molar-refractivity contribution in [1.82, 2.24) is 4.90 Å². The molecule has 2 nitrogen and oxygen atoms in total. The first kappa shape index (κ1) is 10.4. The molecule has 2 heteroatoms. The monoisotopic (exact) mass is 196 g/mol. The molecule has 0 spiro atoms. The van der Waals surface area contributed by atoms with Crippen molar-refractivity contribution in [2.24, 2.45) is 17.1 Å². The lowest BCUT2D eigenvalue weighted by molar-refractivity contribution is 0.0126. The van der Waals surface area contributed by atoms with Crippen molar-refractivity contribution in [1.29, 1.82) is 0 Å². The van der Waals surface area contributed by atoms with Crippen LogP contribution >= 0.6 is 0 Å². The van der Waals surface area contributed by atoms with Crippen LogP contribution in [0.25, 0.3) is 0 Å². The van der Waals surface area contributed by atoms with Crippen LogP contribution in [0.3, 0.4) is 0 Å². The minimum absolute atomic E-state index is 0.489. The van der Waals surface area contributed by atoms with E-state index < -0.39 is 0 Å². The Morgan fingerprint density at radius 2 is 2.00 bits per heavy atom. The molecule has 2 fully saturated rings. The zero-order valence-corrected chi connectivity index (χ0v) is 9.63. The zero-order valence-electron chi connectivity index (χ0n) is 9.63. The van der Waals surface area contributed by atoms with Gasteiger partial charge in [-0.1, -0.05) is 20.3 Å². The second-order valence-electron chi connectivity index (χ2n) is 6.13. The van der Waals surface area contributed by atoms with Gasteiger partial charge < -0.3 is 10.6 Å². The van der Waals surface area contributed by atoms with Gasteiger partial charge in [0.2, 0.25) is 0 Å². The number of hydrogen-bond acceptors (Lipinski definition) is 2. The lowest BCUT2D eigenvalue weighted by Gasteiger charge is -2.48. The van der Waals surface area contributed by atoms with Crippen molar-refractivity contribution in [2.75, 3.05) is 19.6 Å². The standard InChI is InChI=1S/C12H24N2/c1-12(2)8-14(9-12)7-10-4-3-5-11(13)6-10/h10-11H,3-9,13H2,1-2H3. The van der Waals surface area contributed by atoms with E-state index in [1.54, 1.807) is 0 Å². The molecule has 0 amide bonds. The van der Waals surface area contributed by atoms with Crippen LogP contribution in [0.4, 0.5) is 0 Å². The summed E-state index contributed by atoms with van der Waals surface area (Å²) in [7, 11) is 0. The van der Waals surface area contributed by atoms with Crippen LogP contribution in [0.15, 0.2) is 0 Å². The van der Waals surface area contributed by atoms with Gasteiger partial charge in [-0.3, -0.25) is 0 Å². The number of nitrogens with zero attached hydrogens (tertiary/aromatic N) is 1. The number of nitrogens with two attached hydrogens (primary N) is 1. The Balaban J connectivity index is 1.71. The summed E-state index contributed by atoms with van der Waals surface area (Å²) in [4.78, 5) is 2.60. The molecule has 2 unspecified atom stereocenters. The average molecular weight is 196 g/mol. The van der Waals surface area contributed by atoms with E-state index in [1.807, 2.05) is 0 Å². The molecule has 2 rings (SSSR count). The highest BCUT2D eigenvalue weighted by Crippen LogP contribution is 2.32. The first-order valence-corrected chi connectivity index (χ1v) is 6.03. The van der Waals surface area contributed by atoms with Crippen LogP contribution in [0.1, 0.15) is 39.5 Å². The minimum Gasteiger partial charge on any atom is -0.328 e. The topological polar surface area (TPSA) is 29.3 Å². The number of rotatable bonds is 2. The first-order valence-electron chi connectivity index (χ1n) is 6.03. The van der Waals surface area contributed by atoms with E-state index in [0.29, 0.717) is 11.5 Å². The predicted molar refractivity (Wildman–Crippen MR) is 60.2 cm³/mol. The maximum absolute atomic E-state index is 6.00. The Morgan fingerprint density at radius 1 is 1.29 bits per heavy atom. The van der Waals surface area contributed by atoms with Gasteiger partial charge in [0.15, 0.2) is 0 Å². The minimum atomic E-state index is 0.489. The van der Waals surface area contributed by atoms with E-state index in [1.165, 1.54) is 45.3 Å². The van der Waals surface area contributed by atoms with Crippen LogP contribution in [0.2, 0.25) is 0 Å². The molecule has 14 heavy (non-hydrogen) atoms. The third-order valence-electron chi connectivity index (χ3n) is 3.64. The van der Waals surface area contributed by atoms with Crippen LogP contribution in [-0.2, 0) is 0 Å². The van der Waals surface area contributed by atoms with Crippen LogP contribution < -0.4 is 5.73 Å². The fraction of sp³-hybridized carbons (Fsp3) is 1.00. The molecule has 2 N–H and O–H groups in total. The number of likely N-dealkylation sites (tertiary alicyclic amines) is 1. The van der Waals surface area contributed by atoms with Crippen molar-refractivity contribution in [2.45, 2.75) is 45.6 Å². The Hall–Kier alpha value is -0.0800. The first-order chi connectivity index (χ1) is 6.55. The van der Waals surface area contributed by atoms with Crippen molar-refractivity contribution in [3.63, 3.8) is 0 Å². The smallest absolute Gasteiger partial charge is 0.00453 e. The summed E-state index contributed by atoms with van der Waals surface area (Å²) >= 11 is 0. The summed E-state index contributed by atoms with van der Waals surface area (Å²) in [6.07, 6.45) is 5.27. The van der Waals surface area contributed by atoms with Crippen molar-refractivity contribution in [3.8, 4) is 0 Å². The number of hydrogen-bond donors (Lipinski definition) is 1. The molecular weight excluding hydrogens is 172 g/mol. The SMILES string of the molecule is CC1(C)CN(CC2CCCC(N)C2)C1. The molecule has 1 saturated heterocycles. The van der Waals surface area contributed by atoms with Gasteiger partial charge in [0.25, 0.3) is 0 Å². The highest BCUT2D eigenvalue weighted by atomic mass is 15.2. The molecule has 2 atom stereocenters. The molecule has 0 aromatic carbocycles. The predicted octanol–water partition coefficient (Wildman–Crippen LogP) is 1.85. The second-order valence-corrected chi connectivity index (χ2v) is 6.13. The summed E-state index contributed by atoms with van der Waals surface area (Å²) < 4.78 is 0. The van der Waals surface area contributed by atoms with Gasteiger partial charge in [0.05, 0.1) is 0 Å². The summed E-state index contributed by atoms with van der Waals surface area (Å²) in [6, 6.07) is 0.489. The van der Waals surface area contributed by atoms with E-state index in [-0.39, 0.29) is 0 Å². The van der Waals surface area contributed by atoms with Crippen molar-refractivity contribution in [3.05, 3.63) is 0 Å². The molecular formula is C12H24N2. The Labute approximate surface area is 87.8 Å². The van der Waals surface area contributed by atoms with Gasteiger partial charge in [-0.2, -0.15) is 0 Å². The van der Waals surface area contributed by atoms with Gasteiger partial charge in [-0.05, 0) is 30.6 Å². The average Bonchev–Trinajstić information content (AvgIpc) is 2.00. The summed E-state index contributed by atoms with van der Waals surface area (Å²) in [5, 5.41) is 0. The maximum atomic E-state index is 6.00. The largest absolute Gasteiger partial charge is 0.328 e. The molecule has 0 bridgehead atoms. The van der Waals surface area contributed by atoms with Crippen LogP contribution in [0, 0.1) is 11.3 Å². The quantitative estimate of drug-likeness (QED) is 0.730. The van der Waals surface area contributed by atoms with E-state index >= 15 is 0 Å². The normalized spacial score (nSPS) is 37.9. The lowest BCUT2D eigenvalue weighted by atomic mass is 9.81. The molecule has 1 aliphatic carbocycles. The van der Waals surface area contributed by atoms with Crippen molar-refractivity contribution < 1.29 is 0 Å². The third-order valence-corrected chi connectivity index (χ3v) is 3.64. The molecule has 2 aliphatic rings. The van der Waals surface area contributed by atoms with Gasteiger partial charge >= 0.3 is 0 Å². The lowest BCUT2D eigenvalue weighted by Crippen LogP contribution is -2.54. The Kier molecular flexibility index (Phi) is 2.85. The fourth-order valence-electron chi connectivity index (χ4n) is 3.16. The van der Waals surface area contributed by atoms with E-state index in [0.717, 1.165) is 5.92 Å². The van der Waals surface area contributed by atoms with E-state index in [9.17, 15) is 0 Å². The third kappa shape index (κ3) is 2.48. The highest BCUT2D eigenvalue weighted by Gasteiger charge is 2.35. The van der Waals surface area contributed by atoms with Crippen LogP contribution in [-0.4, -0.2) is 30.6 Å². The molecule has 0 aromatic rings. The van der Waals surface area contributed by atoms with E-state index in [4.69, 9.17) is 5.73 Å². The Morgan fingerprint density at radius 3 is 2.57 bits per heavy atom. The zero-order chi connectivity index (χ0) is 10.2. The highest BCUT2D eigenvalue weighted by molar-refractivity contribution is 4.89. The maximum Gasteiger partial charge on any atom is 0.00453 e. The summed E-state index contributed by atoms with van der Waals surface area (Å²) in [5.74, 6) is 0.884. The summed E-state index contributed by atoms with van der Waals surface area (Å²) in [6.45, 7) is 8.60. The fourth-order valence-corrected chi connectivity index (χ4v) is 3.16. The van der Waals surface area contributed by atoms with Gasteiger partial charge in [0.1, 0.15) is 0 Å². The van der Waals surface area contributed by atoms with Gasteiger partial charge in [0, 0.05) is 25.7 Å². The van der Waals surface area contributed by atoms with Gasteiger partial charge in [-0.25, -0.2) is 0 Å². The second kappa shape index (κ2) is 3.82.